The summed E-state index contributed by atoms with van der Waals surface area (Å²) in [6.07, 6.45) is 2.53. The summed E-state index contributed by atoms with van der Waals surface area (Å²) in [4.78, 5) is 4.13. The fourth-order valence-corrected chi connectivity index (χ4v) is 5.53. The van der Waals surface area contributed by atoms with E-state index < -0.39 is 16.0 Å². The SMILES string of the molecule is COc1ccc(CN(c2ncc(Cl)s2)S(=O)(=O)n2ncc3c(F)cccc32)c(OC)c1. The molecule has 0 saturated carbocycles. The van der Waals surface area contributed by atoms with Crippen LogP contribution < -0.4 is 13.8 Å². The van der Waals surface area contributed by atoms with Crippen LogP contribution >= 0.6 is 22.9 Å². The van der Waals surface area contributed by atoms with Crippen molar-refractivity contribution in [1.29, 1.82) is 0 Å². The smallest absolute Gasteiger partial charge is 0.348 e. The first kappa shape index (κ1) is 21.3. The van der Waals surface area contributed by atoms with Gasteiger partial charge in [0.1, 0.15) is 21.7 Å². The number of benzene rings is 2. The summed E-state index contributed by atoms with van der Waals surface area (Å²) < 4.78 is 54.1. The number of nitrogens with zero attached hydrogens (tertiary/aromatic N) is 4. The second-order valence-electron chi connectivity index (χ2n) is 6.30. The number of thiazole rings is 1. The van der Waals surface area contributed by atoms with Gasteiger partial charge >= 0.3 is 10.2 Å². The highest BCUT2D eigenvalue weighted by atomic mass is 35.5. The number of aromatic nitrogens is 3. The molecule has 0 aliphatic carbocycles. The molecule has 4 aromatic rings. The topological polar surface area (TPSA) is 86.6 Å². The van der Waals surface area contributed by atoms with E-state index in [4.69, 9.17) is 21.1 Å². The summed E-state index contributed by atoms with van der Waals surface area (Å²) in [5, 5.41) is 4.15. The van der Waals surface area contributed by atoms with Crippen LogP contribution in [0.25, 0.3) is 10.9 Å². The molecule has 0 saturated heterocycles. The van der Waals surface area contributed by atoms with Crippen molar-refractivity contribution in [2.24, 2.45) is 0 Å². The highest BCUT2D eigenvalue weighted by Crippen LogP contribution is 2.33. The Hall–Kier alpha value is -2.89. The molecule has 2 aromatic heterocycles. The minimum absolute atomic E-state index is 0.0882. The van der Waals surface area contributed by atoms with Crippen molar-refractivity contribution in [3.05, 3.63) is 64.5 Å². The molecule has 0 fully saturated rings. The van der Waals surface area contributed by atoms with E-state index in [0.29, 0.717) is 21.4 Å². The van der Waals surface area contributed by atoms with Crippen LogP contribution in [-0.4, -0.2) is 36.8 Å². The molecule has 0 radical (unpaired) electrons. The number of hydrogen-bond donors (Lipinski definition) is 0. The van der Waals surface area contributed by atoms with E-state index in [0.717, 1.165) is 19.7 Å². The van der Waals surface area contributed by atoms with Crippen LogP contribution in [0.5, 0.6) is 11.5 Å². The standard InChI is InChI=1S/C19H16ClFN4O4S2/c1-28-13-7-6-12(17(8-13)29-2)11-24(19-22-10-18(20)30-19)31(26,27)25-16-5-3-4-15(21)14(16)9-23-25/h3-10H,11H2,1-2H3. The molecule has 0 N–H and O–H groups in total. The molecule has 0 spiro atoms. The zero-order valence-electron chi connectivity index (χ0n) is 16.3. The monoisotopic (exact) mass is 482 g/mol. The van der Waals surface area contributed by atoms with Crippen molar-refractivity contribution in [2.45, 2.75) is 6.54 Å². The molecule has 12 heteroatoms. The second kappa shape index (κ2) is 8.33. The van der Waals surface area contributed by atoms with E-state index in [1.54, 1.807) is 18.2 Å². The van der Waals surface area contributed by atoms with Gasteiger partial charge < -0.3 is 9.47 Å². The van der Waals surface area contributed by atoms with Crippen molar-refractivity contribution < 1.29 is 22.3 Å². The third-order valence-corrected chi connectivity index (χ3v) is 7.35. The van der Waals surface area contributed by atoms with E-state index in [9.17, 15) is 12.8 Å². The van der Waals surface area contributed by atoms with Gasteiger partial charge in [-0.2, -0.15) is 13.5 Å². The van der Waals surface area contributed by atoms with Gasteiger partial charge in [-0.1, -0.05) is 29.0 Å². The first-order valence-electron chi connectivity index (χ1n) is 8.83. The number of halogens is 2. The number of ether oxygens (including phenoxy) is 2. The van der Waals surface area contributed by atoms with Crippen LogP contribution in [-0.2, 0) is 16.8 Å². The molecule has 0 bridgehead atoms. The molecule has 0 aliphatic heterocycles. The Labute approximate surface area is 186 Å². The molecular formula is C19H16ClFN4O4S2. The van der Waals surface area contributed by atoms with Crippen molar-refractivity contribution in [3.63, 3.8) is 0 Å². The first-order valence-corrected chi connectivity index (χ1v) is 11.4. The van der Waals surface area contributed by atoms with Gasteiger partial charge in [0.15, 0.2) is 0 Å². The summed E-state index contributed by atoms with van der Waals surface area (Å²) in [5.41, 5.74) is 0.662. The predicted molar refractivity (Wildman–Crippen MR) is 117 cm³/mol. The van der Waals surface area contributed by atoms with E-state index in [2.05, 4.69) is 10.1 Å². The van der Waals surface area contributed by atoms with Gasteiger partial charge in [0.2, 0.25) is 5.13 Å². The lowest BCUT2D eigenvalue weighted by Gasteiger charge is -2.23. The molecule has 2 aromatic carbocycles. The van der Waals surface area contributed by atoms with E-state index in [-0.39, 0.29) is 22.6 Å². The molecule has 0 atom stereocenters. The van der Waals surface area contributed by atoms with Gasteiger partial charge in [-0.15, -0.1) is 4.09 Å². The average Bonchev–Trinajstić information content (AvgIpc) is 3.39. The number of methoxy groups -OCH3 is 2. The maximum absolute atomic E-state index is 14.1. The van der Waals surface area contributed by atoms with Crippen molar-refractivity contribution in [3.8, 4) is 11.5 Å². The minimum atomic E-state index is -4.30. The summed E-state index contributed by atoms with van der Waals surface area (Å²) in [7, 11) is -1.31. The van der Waals surface area contributed by atoms with Gasteiger partial charge in [-0.25, -0.2) is 13.7 Å². The highest BCUT2D eigenvalue weighted by molar-refractivity contribution is 7.91. The zero-order valence-corrected chi connectivity index (χ0v) is 18.7. The normalized spacial score (nSPS) is 11.6. The Morgan fingerprint density at radius 2 is 2.00 bits per heavy atom. The second-order valence-corrected chi connectivity index (χ2v) is 9.62. The molecule has 8 nitrogen and oxygen atoms in total. The molecule has 31 heavy (non-hydrogen) atoms. The number of anilines is 1. The van der Waals surface area contributed by atoms with Crippen LogP contribution in [0.15, 0.2) is 48.8 Å². The first-order chi connectivity index (χ1) is 14.8. The highest BCUT2D eigenvalue weighted by Gasteiger charge is 2.31. The Kier molecular flexibility index (Phi) is 5.73. The molecule has 0 aliphatic rings. The molecule has 4 rings (SSSR count). The van der Waals surface area contributed by atoms with E-state index >= 15 is 0 Å². The van der Waals surface area contributed by atoms with Gasteiger partial charge in [-0.3, -0.25) is 0 Å². The lowest BCUT2D eigenvalue weighted by Crippen LogP contribution is -2.36. The fraction of sp³-hybridized carbons (Fsp3) is 0.158. The van der Waals surface area contributed by atoms with Crippen molar-refractivity contribution in [2.75, 3.05) is 18.5 Å². The Morgan fingerprint density at radius 3 is 2.68 bits per heavy atom. The fourth-order valence-electron chi connectivity index (χ4n) is 3.02. The van der Waals surface area contributed by atoms with Crippen LogP contribution in [0.3, 0.4) is 0 Å². The predicted octanol–water partition coefficient (Wildman–Crippen LogP) is 4.10. The maximum Gasteiger partial charge on any atom is 0.348 e. The summed E-state index contributed by atoms with van der Waals surface area (Å²) in [6, 6.07) is 9.16. The Balaban J connectivity index is 1.85. The van der Waals surface area contributed by atoms with Crippen LogP contribution in [0, 0.1) is 5.82 Å². The largest absolute Gasteiger partial charge is 0.497 e. The molecule has 0 amide bonds. The van der Waals surface area contributed by atoms with E-state index in [1.165, 1.54) is 44.8 Å². The summed E-state index contributed by atoms with van der Waals surface area (Å²) in [5.74, 6) is 0.416. The zero-order chi connectivity index (χ0) is 22.2. The van der Waals surface area contributed by atoms with Crippen molar-refractivity contribution >= 4 is 49.2 Å². The van der Waals surface area contributed by atoms with Crippen molar-refractivity contribution in [1.82, 2.24) is 14.2 Å². The average molecular weight is 483 g/mol. The Bertz CT molecular complexity index is 1360. The minimum Gasteiger partial charge on any atom is -0.497 e. The van der Waals surface area contributed by atoms with Gasteiger partial charge in [0.25, 0.3) is 0 Å². The number of fused-ring (bicyclic) bond motifs is 1. The van der Waals surface area contributed by atoms with E-state index in [1.807, 2.05) is 0 Å². The molecule has 162 valence electrons. The third-order valence-electron chi connectivity index (χ3n) is 4.51. The Morgan fingerprint density at radius 1 is 1.19 bits per heavy atom. The molecule has 2 heterocycles. The van der Waals surface area contributed by atoms with Crippen LogP contribution in [0.2, 0.25) is 4.34 Å². The third kappa shape index (κ3) is 3.91. The molecule has 0 unspecified atom stereocenters. The summed E-state index contributed by atoms with van der Waals surface area (Å²) >= 11 is 7.01. The number of rotatable bonds is 7. The summed E-state index contributed by atoms with van der Waals surface area (Å²) in [6.45, 7) is -0.129. The van der Waals surface area contributed by atoms with Crippen LogP contribution in [0.4, 0.5) is 9.52 Å². The van der Waals surface area contributed by atoms with Gasteiger partial charge in [0, 0.05) is 11.6 Å². The number of hydrogen-bond acceptors (Lipinski definition) is 7. The van der Waals surface area contributed by atoms with Gasteiger partial charge in [-0.05, 0) is 24.3 Å². The molecular weight excluding hydrogens is 467 g/mol. The van der Waals surface area contributed by atoms with Gasteiger partial charge in [0.05, 0.1) is 44.1 Å². The lowest BCUT2D eigenvalue weighted by atomic mass is 10.2. The quantitative estimate of drug-likeness (QED) is 0.394. The lowest BCUT2D eigenvalue weighted by molar-refractivity contribution is 0.391. The van der Waals surface area contributed by atoms with Crippen LogP contribution in [0.1, 0.15) is 5.56 Å². The maximum atomic E-state index is 14.1.